The molecule has 0 bridgehead atoms. The van der Waals surface area contributed by atoms with Crippen LogP contribution in [-0.4, -0.2) is 41.8 Å². The zero-order valence-electron chi connectivity index (χ0n) is 13.3. The van der Waals surface area contributed by atoms with Gasteiger partial charge in [0.05, 0.1) is 17.9 Å². The molecule has 2 rings (SSSR count). The molecule has 1 aliphatic heterocycles. The van der Waals surface area contributed by atoms with Crippen LogP contribution in [0.3, 0.4) is 0 Å². The first-order valence-electron chi connectivity index (χ1n) is 7.31. The number of anilines is 1. The van der Waals surface area contributed by atoms with Gasteiger partial charge in [0, 0.05) is 18.2 Å². The molecule has 6 nitrogen and oxygen atoms in total. The molecule has 1 aromatic rings. The fourth-order valence-corrected chi connectivity index (χ4v) is 2.65. The number of amides is 2. The summed E-state index contributed by atoms with van der Waals surface area (Å²) < 4.78 is 5.23. The van der Waals surface area contributed by atoms with Crippen molar-refractivity contribution in [1.29, 1.82) is 0 Å². The number of ketones is 1. The maximum atomic E-state index is 12.1. The van der Waals surface area contributed by atoms with Gasteiger partial charge in [-0.3, -0.25) is 14.5 Å². The molecule has 2 amide bonds. The number of alkyl halides is 1. The second-order valence-corrected chi connectivity index (χ2v) is 6.91. The molecule has 23 heavy (non-hydrogen) atoms. The number of carbonyl (C=O) groups is 3. The average Bonchev–Trinajstić information content (AvgIpc) is 2.85. The van der Waals surface area contributed by atoms with E-state index in [1.165, 1.54) is 11.8 Å². The number of halogens is 1. The summed E-state index contributed by atoms with van der Waals surface area (Å²) in [6.07, 6.45) is -0.830. The molecule has 7 heteroatoms. The molecule has 1 saturated heterocycles. The van der Waals surface area contributed by atoms with Crippen molar-refractivity contribution in [3.63, 3.8) is 0 Å². The molecular weight excluding hydrogens is 364 g/mol. The van der Waals surface area contributed by atoms with Crippen LogP contribution in [0.25, 0.3) is 0 Å². The third kappa shape index (κ3) is 4.10. The van der Waals surface area contributed by atoms with Gasteiger partial charge in [0.1, 0.15) is 6.10 Å². The van der Waals surface area contributed by atoms with E-state index in [1.807, 2.05) is 6.92 Å². The van der Waals surface area contributed by atoms with Crippen LogP contribution in [0.4, 0.5) is 10.5 Å². The van der Waals surface area contributed by atoms with Crippen LogP contribution in [0.5, 0.6) is 0 Å². The van der Waals surface area contributed by atoms with Gasteiger partial charge in [-0.25, -0.2) is 4.79 Å². The van der Waals surface area contributed by atoms with Gasteiger partial charge < -0.3 is 10.1 Å². The average molecular weight is 383 g/mol. The van der Waals surface area contributed by atoms with E-state index in [1.54, 1.807) is 25.1 Å². The van der Waals surface area contributed by atoms with Crippen LogP contribution in [-0.2, 0) is 9.53 Å². The maximum absolute atomic E-state index is 12.1. The number of ether oxygens (including phenoxy) is 1. The third-order valence-corrected chi connectivity index (χ3v) is 4.02. The third-order valence-electron chi connectivity index (χ3n) is 3.60. The summed E-state index contributed by atoms with van der Waals surface area (Å²) in [5.41, 5.74) is 2.11. The summed E-state index contributed by atoms with van der Waals surface area (Å²) in [4.78, 5) is 36.2. The van der Waals surface area contributed by atoms with Gasteiger partial charge in [-0.15, -0.1) is 0 Å². The molecular formula is C16H19BrN2O4. The number of aryl methyl sites for hydroxylation is 1. The number of cyclic esters (lactones) is 1. The summed E-state index contributed by atoms with van der Waals surface area (Å²) in [6, 6.07) is 5.25. The highest BCUT2D eigenvalue weighted by Crippen LogP contribution is 2.25. The van der Waals surface area contributed by atoms with Gasteiger partial charge in [-0.1, -0.05) is 15.9 Å². The fraction of sp³-hybridized carbons (Fsp3) is 0.438. The van der Waals surface area contributed by atoms with Crippen molar-refractivity contribution < 1.29 is 19.1 Å². The molecule has 1 unspecified atom stereocenters. The highest BCUT2D eigenvalue weighted by molar-refractivity contribution is 9.10. The van der Waals surface area contributed by atoms with Crippen molar-refractivity contribution in [2.24, 2.45) is 0 Å². The van der Waals surface area contributed by atoms with E-state index >= 15 is 0 Å². The summed E-state index contributed by atoms with van der Waals surface area (Å²) in [5.74, 6) is -0.163. The van der Waals surface area contributed by atoms with Gasteiger partial charge in [-0.05, 0) is 37.6 Å². The number of carbonyl (C=O) groups excluding carboxylic acids is 3. The molecule has 0 saturated carbocycles. The molecule has 1 N–H and O–H groups in total. The largest absolute Gasteiger partial charge is 0.442 e. The Kier molecular flexibility index (Phi) is 5.41. The van der Waals surface area contributed by atoms with Gasteiger partial charge in [0.2, 0.25) is 5.91 Å². The SMILES string of the molecule is CC(=O)NC[C@H]1CN(c2ccc(C(=O)C(C)Br)c(C)c2)C(=O)O1. The monoisotopic (exact) mass is 382 g/mol. The number of benzene rings is 1. The van der Waals surface area contributed by atoms with E-state index in [0.29, 0.717) is 17.8 Å². The second-order valence-electron chi connectivity index (χ2n) is 5.53. The summed E-state index contributed by atoms with van der Waals surface area (Å²) >= 11 is 3.27. The van der Waals surface area contributed by atoms with Gasteiger partial charge in [0.15, 0.2) is 5.78 Å². The molecule has 1 heterocycles. The topological polar surface area (TPSA) is 75.7 Å². The van der Waals surface area contributed by atoms with Crippen LogP contribution in [0.1, 0.15) is 29.8 Å². The van der Waals surface area contributed by atoms with Crippen LogP contribution in [0.15, 0.2) is 18.2 Å². The smallest absolute Gasteiger partial charge is 0.414 e. The summed E-state index contributed by atoms with van der Waals surface area (Å²) in [5, 5.41) is 2.64. The number of Topliss-reactive ketones (excluding diaryl/α,β-unsaturated/α-hetero) is 1. The van der Waals surface area contributed by atoms with E-state index in [4.69, 9.17) is 4.74 Å². The predicted octanol–water partition coefficient (Wildman–Crippen LogP) is 2.42. The molecule has 0 spiro atoms. The Labute approximate surface area is 143 Å². The maximum Gasteiger partial charge on any atom is 0.414 e. The minimum absolute atomic E-state index is 0.00147. The molecule has 0 radical (unpaired) electrons. The lowest BCUT2D eigenvalue weighted by Gasteiger charge is -2.15. The Morgan fingerprint density at radius 3 is 2.74 bits per heavy atom. The minimum atomic E-state index is -0.451. The number of nitrogens with zero attached hydrogens (tertiary/aromatic N) is 1. The van der Waals surface area contributed by atoms with Gasteiger partial charge in [-0.2, -0.15) is 0 Å². The molecule has 0 aromatic heterocycles. The van der Waals surface area contributed by atoms with Gasteiger partial charge >= 0.3 is 6.09 Å². The van der Waals surface area contributed by atoms with Crippen molar-refractivity contribution in [3.05, 3.63) is 29.3 Å². The molecule has 0 aliphatic carbocycles. The first-order chi connectivity index (χ1) is 10.8. The van der Waals surface area contributed by atoms with E-state index in [2.05, 4.69) is 21.2 Å². The zero-order valence-corrected chi connectivity index (χ0v) is 14.8. The Balaban J connectivity index is 2.13. The van der Waals surface area contributed by atoms with E-state index in [-0.39, 0.29) is 29.2 Å². The predicted molar refractivity (Wildman–Crippen MR) is 90.2 cm³/mol. The Bertz CT molecular complexity index is 645. The number of nitrogens with one attached hydrogen (secondary N) is 1. The number of hydrogen-bond acceptors (Lipinski definition) is 4. The summed E-state index contributed by atoms with van der Waals surface area (Å²) in [6.45, 7) is 5.68. The molecule has 124 valence electrons. The number of rotatable bonds is 5. The van der Waals surface area contributed by atoms with Crippen molar-refractivity contribution in [2.45, 2.75) is 31.7 Å². The van der Waals surface area contributed by atoms with E-state index < -0.39 is 6.09 Å². The van der Waals surface area contributed by atoms with Crippen molar-refractivity contribution in [1.82, 2.24) is 5.32 Å². The van der Waals surface area contributed by atoms with E-state index in [0.717, 1.165) is 5.56 Å². The first kappa shape index (κ1) is 17.5. The zero-order chi connectivity index (χ0) is 17.1. The van der Waals surface area contributed by atoms with E-state index in [9.17, 15) is 14.4 Å². The second kappa shape index (κ2) is 7.12. The standard InChI is InChI=1S/C16H19BrN2O4/c1-9-6-12(4-5-14(9)15(21)10(2)17)19-8-13(23-16(19)22)7-18-11(3)20/h4-6,10,13H,7-8H2,1-3H3,(H,18,20)/t10?,13-/m0/s1. The highest BCUT2D eigenvalue weighted by Gasteiger charge is 2.32. The van der Waals surface area contributed by atoms with Crippen LogP contribution in [0, 0.1) is 6.92 Å². The lowest BCUT2D eigenvalue weighted by Crippen LogP contribution is -2.33. The van der Waals surface area contributed by atoms with Crippen molar-refractivity contribution >= 4 is 39.4 Å². The normalized spacial score (nSPS) is 18.5. The molecule has 1 fully saturated rings. The Hall–Kier alpha value is -1.89. The van der Waals surface area contributed by atoms with Crippen molar-refractivity contribution in [3.8, 4) is 0 Å². The highest BCUT2D eigenvalue weighted by atomic mass is 79.9. The Morgan fingerprint density at radius 1 is 1.48 bits per heavy atom. The Morgan fingerprint density at radius 2 is 2.17 bits per heavy atom. The van der Waals surface area contributed by atoms with Crippen LogP contribution in [0.2, 0.25) is 0 Å². The molecule has 1 aliphatic rings. The minimum Gasteiger partial charge on any atom is -0.442 e. The van der Waals surface area contributed by atoms with Crippen LogP contribution >= 0.6 is 15.9 Å². The lowest BCUT2D eigenvalue weighted by molar-refractivity contribution is -0.119. The summed E-state index contributed by atoms with van der Waals surface area (Å²) in [7, 11) is 0. The van der Waals surface area contributed by atoms with Crippen LogP contribution < -0.4 is 10.2 Å². The lowest BCUT2D eigenvalue weighted by atomic mass is 10.0. The number of hydrogen-bond donors (Lipinski definition) is 1. The van der Waals surface area contributed by atoms with Crippen molar-refractivity contribution in [2.75, 3.05) is 18.0 Å². The fourth-order valence-electron chi connectivity index (χ4n) is 2.40. The molecule has 1 aromatic carbocycles. The first-order valence-corrected chi connectivity index (χ1v) is 8.22. The van der Waals surface area contributed by atoms with Gasteiger partial charge in [0.25, 0.3) is 0 Å². The molecule has 2 atom stereocenters. The quantitative estimate of drug-likeness (QED) is 0.626.